The van der Waals surface area contributed by atoms with Crippen LogP contribution < -0.4 is 47.1 Å². The molecule has 0 saturated heterocycles. The van der Waals surface area contributed by atoms with Crippen molar-refractivity contribution < 1.29 is 51.8 Å². The molecule has 1 aliphatic carbocycles. The molecule has 4 aromatic carbocycles. The van der Waals surface area contributed by atoms with Crippen LogP contribution in [0.15, 0.2) is 89.0 Å². The van der Waals surface area contributed by atoms with Gasteiger partial charge in [0.15, 0.2) is 0 Å². The lowest BCUT2D eigenvalue weighted by atomic mass is 9.70. The Labute approximate surface area is 610 Å². The van der Waals surface area contributed by atoms with Gasteiger partial charge >= 0.3 is 5.97 Å². The molecule has 0 fully saturated rings. The van der Waals surface area contributed by atoms with E-state index in [1.165, 1.54) is 36.8 Å². The standard InChI is InChI=1S/C77H105N15O11S/c1-10-12-14-16-18-23-36-77(37-24-19-17-15-13-11-2)60-40-55-32-34-57(60)58-35-33-56(41-61(58)77)92-47-54(87-90-92)44-80-74(100)68(48(3)4)85-73(99)63(39-52-27-21-20-22-28-52)84-72(98)64(42-67(95)96)83-66(94)45-81-71(97)62(82-65(93)31-25-29-53-46-91(55)89-86-53)30-26-38-79-75(78)88-104(101,102)70-50(6)49(5)69-59(51(70)7)43-76(8,9)103-69/h20-22,27-28,32-35,40-41,46-48,62-64,68H,10-19,23-26,29-31,36-39,42-45H2,1-9H3,(H,80,100)(H,81,97)(H,82,93)(H,83,94)(H,84,98)(H,85,99)(H,95,96)(H3,78,79,88)/t62-,63+,64-,68-/m0/s1. The normalized spacial score (nSPS) is 18.9. The molecule has 9 rings (SSSR count). The molecule has 0 unspecified atom stereocenters. The lowest BCUT2D eigenvalue weighted by Gasteiger charge is -2.33. The number of fused-ring (bicyclic) bond motifs is 10. The number of carbonyl (C=O) groups excluding carboxylic acids is 6. The van der Waals surface area contributed by atoms with E-state index < -0.39 is 106 Å². The van der Waals surface area contributed by atoms with Gasteiger partial charge in [-0.1, -0.05) is 158 Å². The molecule has 26 nitrogen and oxygen atoms in total. The van der Waals surface area contributed by atoms with Crippen LogP contribution in [0, 0.1) is 26.7 Å². The number of carboxylic acids is 1. The third-order valence-corrected chi connectivity index (χ3v) is 21.8. The zero-order valence-electron chi connectivity index (χ0n) is 61.7. The zero-order valence-corrected chi connectivity index (χ0v) is 62.5. The van der Waals surface area contributed by atoms with Gasteiger partial charge in [0.1, 0.15) is 41.2 Å². The second-order valence-corrected chi connectivity index (χ2v) is 30.7. The molecular formula is C77H105N15O11S. The fourth-order valence-corrected chi connectivity index (χ4v) is 16.1. The predicted molar refractivity (Wildman–Crippen MR) is 396 cm³/mol. The quantitative estimate of drug-likeness (QED) is 0.0147. The molecule has 8 bridgehead atoms. The number of benzene rings is 4. The highest BCUT2D eigenvalue weighted by Gasteiger charge is 2.44. The molecule has 560 valence electrons. The minimum atomic E-state index is -4.25. The van der Waals surface area contributed by atoms with Crippen LogP contribution in [0.4, 0.5) is 0 Å². The number of rotatable bonds is 25. The van der Waals surface area contributed by atoms with Crippen LogP contribution in [0.5, 0.6) is 5.75 Å². The Morgan fingerprint density at radius 3 is 1.87 bits per heavy atom. The summed E-state index contributed by atoms with van der Waals surface area (Å²) in [5.41, 5.74) is 15.9. The third kappa shape index (κ3) is 20.0. The summed E-state index contributed by atoms with van der Waals surface area (Å²) in [7, 11) is -4.25. The van der Waals surface area contributed by atoms with Crippen molar-refractivity contribution in [3.63, 3.8) is 0 Å². The van der Waals surface area contributed by atoms with E-state index in [-0.39, 0.29) is 49.1 Å². The van der Waals surface area contributed by atoms with Crippen LogP contribution in [0.25, 0.3) is 22.5 Å². The van der Waals surface area contributed by atoms with E-state index in [4.69, 9.17) is 10.5 Å². The fourth-order valence-electron chi connectivity index (χ4n) is 14.5. The van der Waals surface area contributed by atoms with Gasteiger partial charge in [-0.15, -0.1) is 10.2 Å². The molecule has 4 atom stereocenters. The smallest absolute Gasteiger partial charge is 0.305 e. The van der Waals surface area contributed by atoms with Crippen LogP contribution in [-0.4, -0.2) is 134 Å². The van der Waals surface area contributed by atoms with Gasteiger partial charge < -0.3 is 47.5 Å². The first-order chi connectivity index (χ1) is 49.7. The number of aryl methyl sites for hydroxylation is 1. The predicted octanol–water partition coefficient (Wildman–Crippen LogP) is 8.71. The van der Waals surface area contributed by atoms with E-state index in [2.05, 4.69) is 106 Å². The zero-order chi connectivity index (χ0) is 74.9. The van der Waals surface area contributed by atoms with Crippen molar-refractivity contribution in [2.24, 2.45) is 16.6 Å². The Morgan fingerprint density at radius 2 is 1.25 bits per heavy atom. The van der Waals surface area contributed by atoms with Crippen LogP contribution in [0.1, 0.15) is 214 Å². The van der Waals surface area contributed by atoms with E-state index in [0.717, 1.165) is 92.3 Å². The number of carboxylic acid groups (broad SMARTS) is 1. The van der Waals surface area contributed by atoms with Crippen molar-refractivity contribution in [2.45, 2.75) is 250 Å². The van der Waals surface area contributed by atoms with Gasteiger partial charge in [0.25, 0.3) is 10.0 Å². The van der Waals surface area contributed by atoms with Gasteiger partial charge in [0.05, 0.1) is 53.9 Å². The molecular weight excluding hydrogens is 1340 g/mol. The highest BCUT2D eigenvalue weighted by atomic mass is 32.2. The highest BCUT2D eigenvalue weighted by Crippen LogP contribution is 2.55. The number of guanidine groups is 1. The largest absolute Gasteiger partial charge is 0.487 e. The summed E-state index contributed by atoms with van der Waals surface area (Å²) < 4.78 is 40.1. The number of hydrogen-bond acceptors (Lipinski definition) is 15. The number of aliphatic carboxylic acids is 1. The minimum absolute atomic E-state index is 0.0389. The molecule has 2 aliphatic heterocycles. The number of nitrogens with zero attached hydrogens (tertiary/aromatic N) is 7. The first-order valence-corrected chi connectivity index (χ1v) is 38.5. The van der Waals surface area contributed by atoms with Crippen molar-refractivity contribution in [3.05, 3.63) is 129 Å². The molecule has 0 spiro atoms. The average molecular weight is 1450 g/mol. The lowest BCUT2D eigenvalue weighted by molar-refractivity contribution is -0.141. The molecule has 27 heteroatoms. The van der Waals surface area contributed by atoms with Crippen molar-refractivity contribution >= 4 is 57.4 Å². The van der Waals surface area contributed by atoms with Crippen molar-refractivity contribution in [2.75, 3.05) is 13.1 Å². The number of unbranched alkanes of at least 4 members (excludes halogenated alkanes) is 10. The highest BCUT2D eigenvalue weighted by molar-refractivity contribution is 7.90. The lowest BCUT2D eigenvalue weighted by Crippen LogP contribution is -2.59. The van der Waals surface area contributed by atoms with E-state index in [9.17, 15) is 47.1 Å². The number of carbonyl (C=O) groups is 7. The summed E-state index contributed by atoms with van der Waals surface area (Å²) in [6, 6.07) is 16.1. The average Bonchev–Trinajstić information content (AvgIpc) is 1.56. The summed E-state index contributed by atoms with van der Waals surface area (Å²) in [5.74, 6) is -6.35. The Balaban J connectivity index is 1.01. The number of aromatic nitrogens is 6. The number of aliphatic imine (C=N–C) groups is 1. The maximum atomic E-state index is 14.5. The number of nitrogens with one attached hydrogen (secondary N) is 7. The first-order valence-electron chi connectivity index (χ1n) is 37.0. The van der Waals surface area contributed by atoms with E-state index in [0.29, 0.717) is 58.7 Å². The van der Waals surface area contributed by atoms with Crippen molar-refractivity contribution in [1.82, 2.24) is 66.6 Å². The monoisotopic (exact) mass is 1450 g/mol. The SMILES string of the molecule is CCCCCCCCC1(CCCCCCCC)c2cc3ccc2-c2ccc(cc21)-n1cc(nn1)CNC(=O)[C@H](C(C)C)NC(=O)[C@@H](Cc1ccccc1)NC(=O)[C@H](CC(=O)O)NC(=O)CNC(=O)[C@H](CCCN=C(N)NS(=O)(=O)c1c(C)c(C)c2c(c1C)CC(C)(C)O2)NC(=O)CCCc1cn-3nn1. The van der Waals surface area contributed by atoms with Crippen LogP contribution in [-0.2, 0) is 74.8 Å². The number of amides is 6. The molecule has 104 heavy (non-hydrogen) atoms. The Bertz CT molecular complexity index is 4190. The summed E-state index contributed by atoms with van der Waals surface area (Å²) in [4.78, 5) is 102. The van der Waals surface area contributed by atoms with Gasteiger partial charge in [-0.3, -0.25) is 38.6 Å². The van der Waals surface area contributed by atoms with Gasteiger partial charge in [0.2, 0.25) is 41.4 Å². The number of nitrogens with two attached hydrogens (primary N) is 1. The maximum absolute atomic E-state index is 14.5. The number of hydrogen-bond donors (Lipinski definition) is 9. The van der Waals surface area contributed by atoms with Gasteiger partial charge in [-0.05, 0) is 148 Å². The van der Waals surface area contributed by atoms with Crippen LogP contribution in [0.2, 0.25) is 0 Å². The molecule has 0 radical (unpaired) electrons. The third-order valence-electron chi connectivity index (χ3n) is 20.1. The van der Waals surface area contributed by atoms with Gasteiger partial charge in [-0.25, -0.2) is 22.5 Å². The molecule has 4 heterocycles. The molecule has 6 amide bonds. The van der Waals surface area contributed by atoms with Crippen molar-refractivity contribution in [1.29, 1.82) is 0 Å². The maximum Gasteiger partial charge on any atom is 0.305 e. The Morgan fingerprint density at radius 1 is 0.673 bits per heavy atom. The molecule has 3 aliphatic rings. The van der Waals surface area contributed by atoms with Crippen LogP contribution >= 0.6 is 0 Å². The van der Waals surface area contributed by atoms with Crippen LogP contribution in [0.3, 0.4) is 0 Å². The minimum Gasteiger partial charge on any atom is -0.487 e. The molecule has 2 aromatic heterocycles. The fraction of sp³-hybridized carbons (Fsp3) is 0.532. The summed E-state index contributed by atoms with van der Waals surface area (Å²) in [5, 5.41) is 44.3. The summed E-state index contributed by atoms with van der Waals surface area (Å²) in [6.07, 6.45) is 19.2. The second kappa shape index (κ2) is 35.8. The number of sulfonamides is 1. The van der Waals surface area contributed by atoms with E-state index >= 15 is 0 Å². The molecule has 6 aromatic rings. The summed E-state index contributed by atoms with van der Waals surface area (Å²) >= 11 is 0. The van der Waals surface area contributed by atoms with Gasteiger partial charge in [-0.2, -0.15) is 0 Å². The van der Waals surface area contributed by atoms with E-state index in [1.54, 1.807) is 73.6 Å². The second-order valence-electron chi connectivity index (χ2n) is 29.1. The molecule has 0 saturated carbocycles. The summed E-state index contributed by atoms with van der Waals surface area (Å²) in [6.45, 7) is 16.2. The Kier molecular flexibility index (Phi) is 27.0. The molecule has 10 N–H and O–H groups in total. The number of ether oxygens (including phenoxy) is 1. The topological polar surface area (TPSA) is 367 Å². The Hall–Kier alpha value is -9.53. The van der Waals surface area contributed by atoms with Gasteiger partial charge in [0, 0.05) is 36.8 Å². The van der Waals surface area contributed by atoms with Crippen molar-refractivity contribution in [3.8, 4) is 28.3 Å². The van der Waals surface area contributed by atoms with E-state index in [1.807, 2.05) is 33.0 Å². The first kappa shape index (κ1) is 78.6.